The molecule has 27 heavy (non-hydrogen) atoms. The second kappa shape index (κ2) is 7.53. The third-order valence-electron chi connectivity index (χ3n) is 5.18. The van der Waals surface area contributed by atoms with Gasteiger partial charge in [0.25, 0.3) is 0 Å². The monoisotopic (exact) mass is 363 g/mol. The van der Waals surface area contributed by atoms with Crippen LogP contribution >= 0.6 is 0 Å². The van der Waals surface area contributed by atoms with Gasteiger partial charge in [-0.15, -0.1) is 0 Å². The van der Waals surface area contributed by atoms with Crippen molar-refractivity contribution in [1.82, 2.24) is 10.1 Å². The normalized spacial score (nSPS) is 13.9. The summed E-state index contributed by atoms with van der Waals surface area (Å²) in [5.41, 5.74) is 4.79. The fourth-order valence-corrected chi connectivity index (χ4v) is 3.74. The van der Waals surface area contributed by atoms with Crippen LogP contribution in [0.2, 0.25) is 0 Å². The van der Waals surface area contributed by atoms with Crippen LogP contribution in [0.25, 0.3) is 0 Å². The van der Waals surface area contributed by atoms with Crippen LogP contribution in [-0.4, -0.2) is 21.3 Å². The van der Waals surface area contributed by atoms with Crippen molar-refractivity contribution in [3.05, 3.63) is 76.9 Å². The smallest absolute Gasteiger partial charge is 0.229 e. The van der Waals surface area contributed by atoms with E-state index >= 15 is 0 Å². The largest absolute Gasteiger partial charge is 0.392 e. The van der Waals surface area contributed by atoms with E-state index in [4.69, 9.17) is 4.52 Å². The highest BCUT2D eigenvalue weighted by molar-refractivity contribution is 5.51. The number of aliphatic hydroxyl groups is 1. The van der Waals surface area contributed by atoms with Crippen molar-refractivity contribution in [3.8, 4) is 0 Å². The molecule has 0 fully saturated rings. The molecule has 0 spiro atoms. The second-order valence-corrected chi connectivity index (χ2v) is 7.49. The summed E-state index contributed by atoms with van der Waals surface area (Å²) in [6, 6.07) is 17.0. The van der Waals surface area contributed by atoms with Crippen molar-refractivity contribution < 1.29 is 9.63 Å². The van der Waals surface area contributed by atoms with Gasteiger partial charge in [0.2, 0.25) is 5.89 Å². The topological polar surface area (TPSA) is 62.4 Å². The summed E-state index contributed by atoms with van der Waals surface area (Å²) in [6.45, 7) is 4.72. The van der Waals surface area contributed by atoms with E-state index in [1.165, 1.54) is 11.1 Å². The number of benzene rings is 2. The molecule has 5 nitrogen and oxygen atoms in total. The highest BCUT2D eigenvalue weighted by Crippen LogP contribution is 2.30. The van der Waals surface area contributed by atoms with Gasteiger partial charge in [-0.25, -0.2) is 0 Å². The van der Waals surface area contributed by atoms with E-state index in [2.05, 4.69) is 45.4 Å². The van der Waals surface area contributed by atoms with Crippen LogP contribution in [0.5, 0.6) is 0 Å². The van der Waals surface area contributed by atoms with Crippen molar-refractivity contribution in [2.45, 2.75) is 51.8 Å². The van der Waals surface area contributed by atoms with E-state index in [1.807, 2.05) is 32.0 Å². The first-order valence-electron chi connectivity index (χ1n) is 9.49. The number of fused-ring (bicyclic) bond motifs is 1. The van der Waals surface area contributed by atoms with Gasteiger partial charge < -0.3 is 14.5 Å². The molecule has 3 aromatic rings. The Morgan fingerprint density at radius 3 is 2.48 bits per heavy atom. The minimum absolute atomic E-state index is 0.0340. The molecule has 0 atom stereocenters. The maximum Gasteiger partial charge on any atom is 0.229 e. The van der Waals surface area contributed by atoms with Crippen molar-refractivity contribution in [2.24, 2.45) is 0 Å². The molecule has 1 aliphatic carbocycles. The summed E-state index contributed by atoms with van der Waals surface area (Å²) < 4.78 is 5.40. The van der Waals surface area contributed by atoms with Gasteiger partial charge in [-0.05, 0) is 41.7 Å². The van der Waals surface area contributed by atoms with Crippen molar-refractivity contribution in [2.75, 3.05) is 4.90 Å². The van der Waals surface area contributed by atoms with Gasteiger partial charge in [0.15, 0.2) is 5.82 Å². The summed E-state index contributed by atoms with van der Waals surface area (Å²) in [6.07, 6.45) is 1.99. The highest BCUT2D eigenvalue weighted by Gasteiger charge is 2.28. The van der Waals surface area contributed by atoms with E-state index < -0.39 is 0 Å². The molecule has 1 aromatic heterocycles. The Kier molecular flexibility index (Phi) is 4.94. The predicted octanol–water partition coefficient (Wildman–Crippen LogP) is 3.86. The maximum atomic E-state index is 9.55. The number of anilines is 1. The first kappa shape index (κ1) is 17.7. The zero-order chi connectivity index (χ0) is 18.8. The van der Waals surface area contributed by atoms with Crippen LogP contribution < -0.4 is 4.90 Å². The summed E-state index contributed by atoms with van der Waals surface area (Å²) >= 11 is 0. The third-order valence-corrected chi connectivity index (χ3v) is 5.18. The lowest BCUT2D eigenvalue weighted by Gasteiger charge is -2.30. The van der Waals surface area contributed by atoms with Gasteiger partial charge in [0.1, 0.15) is 0 Å². The molecule has 5 heteroatoms. The first-order chi connectivity index (χ1) is 13.1. The first-order valence-corrected chi connectivity index (χ1v) is 9.49. The molecular formula is C22H25N3O2. The summed E-state index contributed by atoms with van der Waals surface area (Å²) in [4.78, 5) is 6.91. The Hall–Kier alpha value is -2.66. The maximum absolute atomic E-state index is 9.55. The van der Waals surface area contributed by atoms with Crippen LogP contribution in [0.4, 0.5) is 5.69 Å². The molecule has 4 rings (SSSR count). The molecule has 2 aromatic carbocycles. The molecular weight excluding hydrogens is 338 g/mol. The fraction of sp³-hybridized carbons (Fsp3) is 0.364. The van der Waals surface area contributed by atoms with Gasteiger partial charge in [-0.1, -0.05) is 55.4 Å². The van der Waals surface area contributed by atoms with Crippen molar-refractivity contribution in [3.63, 3.8) is 0 Å². The lowest BCUT2D eigenvalue weighted by molar-refractivity contribution is 0.282. The number of aliphatic hydroxyl groups excluding tert-OH is 1. The van der Waals surface area contributed by atoms with Crippen LogP contribution in [0.15, 0.2) is 53.1 Å². The molecule has 1 heterocycles. The van der Waals surface area contributed by atoms with Gasteiger partial charge in [-0.2, -0.15) is 4.98 Å². The molecule has 1 N–H and O–H groups in total. The highest BCUT2D eigenvalue weighted by atomic mass is 16.5. The Bertz CT molecular complexity index is 894. The molecule has 0 saturated carbocycles. The van der Waals surface area contributed by atoms with Crippen LogP contribution in [0.3, 0.4) is 0 Å². The number of rotatable bonds is 6. The van der Waals surface area contributed by atoms with E-state index in [0.29, 0.717) is 24.3 Å². The minimum atomic E-state index is 0.0340. The van der Waals surface area contributed by atoms with Crippen LogP contribution in [-0.2, 0) is 26.0 Å². The molecule has 0 radical (unpaired) electrons. The molecule has 0 unspecified atom stereocenters. The Labute approximate surface area is 159 Å². The Morgan fingerprint density at radius 2 is 1.85 bits per heavy atom. The predicted molar refractivity (Wildman–Crippen MR) is 105 cm³/mol. The summed E-state index contributed by atoms with van der Waals surface area (Å²) in [7, 11) is 0. The Balaban J connectivity index is 1.64. The number of aromatic nitrogens is 2. The number of nitrogens with zero attached hydrogens (tertiary/aromatic N) is 3. The van der Waals surface area contributed by atoms with E-state index in [0.717, 1.165) is 24.1 Å². The van der Waals surface area contributed by atoms with Gasteiger partial charge in [0.05, 0.1) is 13.2 Å². The van der Waals surface area contributed by atoms with E-state index in [-0.39, 0.29) is 12.5 Å². The zero-order valence-corrected chi connectivity index (χ0v) is 15.8. The molecule has 0 saturated heterocycles. The van der Waals surface area contributed by atoms with Crippen LogP contribution in [0.1, 0.15) is 48.2 Å². The fourth-order valence-electron chi connectivity index (χ4n) is 3.74. The molecule has 1 aliphatic rings. The van der Waals surface area contributed by atoms with E-state index in [1.54, 1.807) is 0 Å². The number of hydrogen-bond acceptors (Lipinski definition) is 5. The quantitative estimate of drug-likeness (QED) is 0.720. The average Bonchev–Trinajstić information content (AvgIpc) is 3.33. The second-order valence-electron chi connectivity index (χ2n) is 7.49. The molecule has 0 bridgehead atoms. The summed E-state index contributed by atoms with van der Waals surface area (Å²) in [5, 5.41) is 13.7. The van der Waals surface area contributed by atoms with Crippen LogP contribution in [0, 0.1) is 0 Å². The van der Waals surface area contributed by atoms with Crippen molar-refractivity contribution in [1.29, 1.82) is 0 Å². The molecule has 0 amide bonds. The number of hydrogen-bond donors (Lipinski definition) is 1. The van der Waals surface area contributed by atoms with Crippen molar-refractivity contribution >= 4 is 5.69 Å². The Morgan fingerprint density at radius 1 is 1.11 bits per heavy atom. The van der Waals surface area contributed by atoms with Gasteiger partial charge >= 0.3 is 0 Å². The lowest BCUT2D eigenvalue weighted by Crippen LogP contribution is -2.36. The van der Waals surface area contributed by atoms with E-state index in [9.17, 15) is 5.11 Å². The summed E-state index contributed by atoms with van der Waals surface area (Å²) in [5.74, 6) is 1.58. The minimum Gasteiger partial charge on any atom is -0.392 e. The zero-order valence-electron chi connectivity index (χ0n) is 15.8. The molecule has 0 aliphatic heterocycles. The third kappa shape index (κ3) is 3.74. The van der Waals surface area contributed by atoms with Gasteiger partial charge in [-0.3, -0.25) is 0 Å². The average molecular weight is 363 g/mol. The molecule has 140 valence electrons. The lowest BCUT2D eigenvalue weighted by atomic mass is 10.1. The van der Waals surface area contributed by atoms with Gasteiger partial charge in [0, 0.05) is 17.6 Å². The standard InChI is InChI=1S/C22H25N3O2/c1-15(2)22-23-21(24-27-22)13-25(19-9-5-6-16(10-19)14-26)20-11-17-7-3-4-8-18(17)12-20/h3-10,15,20,26H,11-14H2,1-2H3. The SMILES string of the molecule is CC(C)c1nc(CN(c2cccc(CO)c2)C2Cc3ccccc3C2)no1.